The van der Waals surface area contributed by atoms with Gasteiger partial charge in [0.05, 0.1) is 19.5 Å². The summed E-state index contributed by atoms with van der Waals surface area (Å²) in [6.07, 6.45) is 2.76. The van der Waals surface area contributed by atoms with Gasteiger partial charge in [0, 0.05) is 24.1 Å². The molecule has 0 saturated carbocycles. The maximum Gasteiger partial charge on any atom is 0.307 e. The summed E-state index contributed by atoms with van der Waals surface area (Å²) in [5.41, 5.74) is -0.298. The minimum Gasteiger partial charge on any atom is -0.459 e. The highest BCUT2D eigenvalue weighted by atomic mass is 79.9. The van der Waals surface area contributed by atoms with Crippen molar-refractivity contribution < 1.29 is 14.8 Å². The smallest absolute Gasteiger partial charge is 0.307 e. The molecule has 1 aliphatic heterocycles. The standard InChI is InChI=1S/C11H20BrNO2/c1-11(2,15-10(14)3-6-12)9-4-7-13-8-5-9/h9,13H,3-8H2,1-2H3/p+1. The number of hydrogen-bond acceptors (Lipinski definition) is 2. The van der Waals surface area contributed by atoms with Gasteiger partial charge in [-0.3, -0.25) is 4.79 Å². The third-order valence-corrected chi connectivity index (χ3v) is 3.49. The molecule has 0 aromatic carbocycles. The van der Waals surface area contributed by atoms with E-state index in [0.717, 1.165) is 25.9 Å². The first kappa shape index (κ1) is 13.0. The Morgan fingerprint density at radius 1 is 1.47 bits per heavy atom. The number of piperidine rings is 1. The van der Waals surface area contributed by atoms with E-state index in [2.05, 4.69) is 21.2 Å². The Morgan fingerprint density at radius 2 is 2.07 bits per heavy atom. The molecule has 0 unspecified atom stereocenters. The maximum atomic E-state index is 11.4. The third-order valence-electron chi connectivity index (χ3n) is 3.10. The highest BCUT2D eigenvalue weighted by molar-refractivity contribution is 9.09. The second-order valence-electron chi connectivity index (χ2n) is 4.66. The Balaban J connectivity index is 2.45. The summed E-state index contributed by atoms with van der Waals surface area (Å²) in [4.78, 5) is 11.4. The van der Waals surface area contributed by atoms with E-state index in [1.165, 1.54) is 0 Å². The molecule has 0 bridgehead atoms. The first-order chi connectivity index (χ1) is 7.06. The highest BCUT2D eigenvalue weighted by Crippen LogP contribution is 2.28. The number of carbonyl (C=O) groups is 1. The number of nitrogens with two attached hydrogens (primary N) is 1. The van der Waals surface area contributed by atoms with Crippen molar-refractivity contribution in [2.75, 3.05) is 18.4 Å². The van der Waals surface area contributed by atoms with Gasteiger partial charge in [-0.1, -0.05) is 15.9 Å². The van der Waals surface area contributed by atoms with Crippen LogP contribution in [0.25, 0.3) is 0 Å². The molecule has 0 amide bonds. The fourth-order valence-corrected chi connectivity index (χ4v) is 2.45. The molecule has 0 aromatic rings. The first-order valence-electron chi connectivity index (χ1n) is 5.65. The minimum atomic E-state index is -0.298. The van der Waals surface area contributed by atoms with E-state index in [1.54, 1.807) is 0 Å². The van der Waals surface area contributed by atoms with E-state index in [-0.39, 0.29) is 11.6 Å². The Kier molecular flexibility index (Phi) is 5.06. The molecule has 0 aliphatic carbocycles. The van der Waals surface area contributed by atoms with Crippen LogP contribution in [0.3, 0.4) is 0 Å². The molecule has 0 spiro atoms. The molecule has 3 nitrogen and oxygen atoms in total. The van der Waals surface area contributed by atoms with Gasteiger partial charge in [-0.05, 0) is 13.8 Å². The number of hydrogen-bond donors (Lipinski definition) is 1. The third kappa shape index (κ3) is 4.11. The lowest BCUT2D eigenvalue weighted by atomic mass is 9.83. The summed E-state index contributed by atoms with van der Waals surface area (Å²) in [7, 11) is 0. The number of ether oxygens (including phenoxy) is 1. The lowest BCUT2D eigenvalue weighted by Crippen LogP contribution is -2.86. The largest absolute Gasteiger partial charge is 0.459 e. The molecule has 1 fully saturated rings. The molecular formula is C11H21BrNO2+. The zero-order valence-electron chi connectivity index (χ0n) is 9.59. The molecule has 4 heteroatoms. The molecular weight excluding hydrogens is 258 g/mol. The van der Waals surface area contributed by atoms with Crippen molar-refractivity contribution in [1.29, 1.82) is 0 Å². The molecule has 1 aliphatic rings. The van der Waals surface area contributed by atoms with Gasteiger partial charge >= 0.3 is 5.97 Å². The van der Waals surface area contributed by atoms with Gasteiger partial charge in [-0.2, -0.15) is 0 Å². The summed E-state index contributed by atoms with van der Waals surface area (Å²) in [6, 6.07) is 0. The van der Waals surface area contributed by atoms with E-state index in [1.807, 2.05) is 13.8 Å². The van der Waals surface area contributed by atoms with Crippen molar-refractivity contribution in [3.63, 3.8) is 0 Å². The lowest BCUT2D eigenvalue weighted by Gasteiger charge is -2.35. The molecule has 0 aromatic heterocycles. The van der Waals surface area contributed by atoms with Crippen LogP contribution in [0.15, 0.2) is 0 Å². The highest BCUT2D eigenvalue weighted by Gasteiger charge is 2.34. The quantitative estimate of drug-likeness (QED) is 0.618. The molecule has 1 saturated heterocycles. The average Bonchev–Trinajstić information content (AvgIpc) is 2.18. The Hall–Kier alpha value is -0.0900. The van der Waals surface area contributed by atoms with Crippen LogP contribution in [0.4, 0.5) is 0 Å². The van der Waals surface area contributed by atoms with Crippen LogP contribution >= 0.6 is 15.9 Å². The van der Waals surface area contributed by atoms with Crippen LogP contribution in [0.2, 0.25) is 0 Å². The van der Waals surface area contributed by atoms with E-state index >= 15 is 0 Å². The second-order valence-corrected chi connectivity index (χ2v) is 5.45. The fraction of sp³-hybridized carbons (Fsp3) is 0.909. The van der Waals surface area contributed by atoms with Gasteiger partial charge < -0.3 is 10.1 Å². The van der Waals surface area contributed by atoms with Crippen LogP contribution in [-0.2, 0) is 9.53 Å². The van der Waals surface area contributed by atoms with E-state index < -0.39 is 0 Å². The van der Waals surface area contributed by atoms with Gasteiger partial charge in [0.2, 0.25) is 0 Å². The zero-order chi connectivity index (χ0) is 11.3. The van der Waals surface area contributed by atoms with E-state index in [4.69, 9.17) is 4.74 Å². The minimum absolute atomic E-state index is 0.0913. The van der Waals surface area contributed by atoms with Gasteiger partial charge in [-0.25, -0.2) is 0 Å². The van der Waals surface area contributed by atoms with E-state index in [9.17, 15) is 4.79 Å². The van der Waals surface area contributed by atoms with Crippen LogP contribution in [0.1, 0.15) is 33.1 Å². The zero-order valence-corrected chi connectivity index (χ0v) is 11.2. The normalized spacial score (nSPS) is 18.9. The van der Waals surface area contributed by atoms with Gasteiger partial charge in [0.1, 0.15) is 5.60 Å². The Morgan fingerprint density at radius 3 is 2.60 bits per heavy atom. The number of halogens is 1. The molecule has 2 N–H and O–H groups in total. The molecule has 0 atom stereocenters. The summed E-state index contributed by atoms with van der Waals surface area (Å²) < 4.78 is 5.53. The van der Waals surface area contributed by atoms with Crippen molar-refractivity contribution in [1.82, 2.24) is 0 Å². The van der Waals surface area contributed by atoms with Crippen molar-refractivity contribution in [2.24, 2.45) is 5.92 Å². The molecule has 1 heterocycles. The topological polar surface area (TPSA) is 42.9 Å². The molecule has 0 radical (unpaired) electrons. The Labute approximate surface area is 100 Å². The summed E-state index contributed by atoms with van der Waals surface area (Å²) in [5.74, 6) is 0.424. The van der Waals surface area contributed by atoms with Gasteiger partial charge in [0.15, 0.2) is 0 Å². The van der Waals surface area contributed by atoms with Crippen molar-refractivity contribution in [3.05, 3.63) is 0 Å². The summed E-state index contributed by atoms with van der Waals surface area (Å²) in [6.45, 7) is 6.39. The van der Waals surface area contributed by atoms with Crippen molar-refractivity contribution in [2.45, 2.75) is 38.7 Å². The van der Waals surface area contributed by atoms with Gasteiger partial charge in [-0.15, -0.1) is 0 Å². The predicted octanol–water partition coefficient (Wildman–Crippen LogP) is 1.07. The van der Waals surface area contributed by atoms with Crippen molar-refractivity contribution in [3.8, 4) is 0 Å². The first-order valence-corrected chi connectivity index (χ1v) is 6.78. The van der Waals surface area contributed by atoms with Crippen LogP contribution in [0.5, 0.6) is 0 Å². The number of carbonyl (C=O) groups excluding carboxylic acids is 1. The summed E-state index contributed by atoms with van der Waals surface area (Å²) >= 11 is 3.25. The Bertz CT molecular complexity index is 213. The van der Waals surface area contributed by atoms with Gasteiger partial charge in [0.25, 0.3) is 0 Å². The summed E-state index contributed by atoms with van der Waals surface area (Å²) in [5, 5.41) is 3.01. The SMILES string of the molecule is CC(C)(OC(=O)CCBr)C1CC[NH2+]CC1. The molecule has 1 rings (SSSR count). The number of quaternary nitrogens is 1. The van der Waals surface area contributed by atoms with E-state index in [0.29, 0.717) is 17.7 Å². The number of alkyl halides is 1. The molecule has 15 heavy (non-hydrogen) atoms. The predicted molar refractivity (Wildman–Crippen MR) is 63.0 cm³/mol. The fourth-order valence-electron chi connectivity index (χ4n) is 2.13. The number of rotatable bonds is 4. The van der Waals surface area contributed by atoms with Crippen LogP contribution < -0.4 is 5.32 Å². The van der Waals surface area contributed by atoms with Crippen molar-refractivity contribution >= 4 is 21.9 Å². The van der Waals surface area contributed by atoms with Crippen LogP contribution in [-0.4, -0.2) is 30.0 Å². The maximum absolute atomic E-state index is 11.4. The monoisotopic (exact) mass is 278 g/mol. The molecule has 88 valence electrons. The average molecular weight is 279 g/mol. The lowest BCUT2D eigenvalue weighted by molar-refractivity contribution is -0.665. The number of esters is 1. The van der Waals surface area contributed by atoms with Crippen LogP contribution in [0, 0.1) is 5.92 Å². The second kappa shape index (κ2) is 5.85.